The highest BCUT2D eigenvalue weighted by atomic mass is 79.9. The number of hydrogen-bond donors (Lipinski definition) is 1. The van der Waals surface area contributed by atoms with Crippen LogP contribution in [0.2, 0.25) is 0 Å². The van der Waals surface area contributed by atoms with Crippen LogP contribution in [-0.2, 0) is 22.4 Å². The molecule has 1 fully saturated rings. The van der Waals surface area contributed by atoms with Gasteiger partial charge in [0, 0.05) is 31.8 Å². The number of ether oxygens (including phenoxy) is 1. The number of carbonyl (C=O) groups is 2. The number of hydrogen-bond acceptors (Lipinski definition) is 5. The van der Waals surface area contributed by atoms with Crippen LogP contribution in [-0.4, -0.2) is 60.8 Å². The maximum absolute atomic E-state index is 13.5. The molecule has 1 N–H and O–H groups in total. The first-order chi connectivity index (χ1) is 13.9. The Morgan fingerprint density at radius 3 is 2.59 bits per heavy atom. The molecule has 0 unspecified atom stereocenters. The number of carbonyl (C=O) groups excluding carboxylic acids is 1. The third-order valence-corrected chi connectivity index (χ3v) is 7.40. The Kier molecular flexibility index (Phi) is 5.79. The molecule has 4 rings (SSSR count). The molecule has 1 aromatic carbocycles. The standard InChI is InChI=1S/C21H23BrN2O4S/c1-23-9-6-14-2-3-16(12-15(14)7-10-23)24(19(25)17-4-5-18(22)29-17)21(20(26)27)8-11-28-13-21/h2-5,12H,6-11,13H2,1H3,(H,26,27)/t21-/m0/s1. The van der Waals surface area contributed by atoms with Crippen molar-refractivity contribution in [2.75, 3.05) is 38.3 Å². The lowest BCUT2D eigenvalue weighted by atomic mass is 9.93. The summed E-state index contributed by atoms with van der Waals surface area (Å²) in [5.41, 5.74) is 1.66. The number of halogens is 1. The molecule has 0 radical (unpaired) electrons. The second kappa shape index (κ2) is 8.18. The number of anilines is 1. The zero-order valence-corrected chi connectivity index (χ0v) is 18.6. The van der Waals surface area contributed by atoms with Crippen LogP contribution < -0.4 is 4.90 Å². The van der Waals surface area contributed by atoms with E-state index in [1.54, 1.807) is 6.07 Å². The minimum absolute atomic E-state index is 0.0135. The van der Waals surface area contributed by atoms with Crippen molar-refractivity contribution < 1.29 is 19.4 Å². The van der Waals surface area contributed by atoms with Crippen molar-refractivity contribution in [3.05, 3.63) is 50.1 Å². The molecule has 2 aliphatic rings. The van der Waals surface area contributed by atoms with Crippen LogP contribution in [0.15, 0.2) is 34.1 Å². The van der Waals surface area contributed by atoms with Crippen molar-refractivity contribution in [3.8, 4) is 0 Å². The molecule has 1 amide bonds. The largest absolute Gasteiger partial charge is 0.479 e. The van der Waals surface area contributed by atoms with Crippen LogP contribution in [0, 0.1) is 0 Å². The van der Waals surface area contributed by atoms with Crippen molar-refractivity contribution in [1.29, 1.82) is 0 Å². The average molecular weight is 479 g/mol. The molecule has 1 aromatic heterocycles. The van der Waals surface area contributed by atoms with Gasteiger partial charge in [-0.15, -0.1) is 11.3 Å². The van der Waals surface area contributed by atoms with Crippen molar-refractivity contribution in [3.63, 3.8) is 0 Å². The molecule has 154 valence electrons. The first-order valence-electron chi connectivity index (χ1n) is 9.62. The number of fused-ring (bicyclic) bond motifs is 1. The Balaban J connectivity index is 1.81. The highest BCUT2D eigenvalue weighted by Gasteiger charge is 2.51. The molecular formula is C21H23BrN2O4S. The number of thiophene rings is 1. The molecule has 2 aromatic rings. The van der Waals surface area contributed by atoms with Crippen molar-refractivity contribution in [2.24, 2.45) is 0 Å². The van der Waals surface area contributed by atoms with Gasteiger partial charge in [-0.3, -0.25) is 9.69 Å². The molecule has 2 aliphatic heterocycles. The zero-order valence-electron chi connectivity index (χ0n) is 16.2. The van der Waals surface area contributed by atoms with E-state index in [1.807, 2.05) is 24.3 Å². The lowest BCUT2D eigenvalue weighted by Crippen LogP contribution is -2.58. The van der Waals surface area contributed by atoms with Gasteiger partial charge in [0.05, 0.1) is 15.3 Å². The monoisotopic (exact) mass is 478 g/mol. The lowest BCUT2D eigenvalue weighted by molar-refractivity contribution is -0.143. The van der Waals surface area contributed by atoms with Gasteiger partial charge in [0.2, 0.25) is 0 Å². The number of likely N-dealkylation sites (N-methyl/N-ethyl adjacent to an activating group) is 1. The molecule has 0 bridgehead atoms. The second-order valence-corrected chi connectivity index (χ2v) is 10.1. The highest BCUT2D eigenvalue weighted by molar-refractivity contribution is 9.11. The van der Waals surface area contributed by atoms with E-state index in [0.717, 1.165) is 29.7 Å². The van der Waals surface area contributed by atoms with E-state index in [4.69, 9.17) is 4.74 Å². The van der Waals surface area contributed by atoms with E-state index < -0.39 is 11.5 Å². The van der Waals surface area contributed by atoms with Crippen LogP contribution in [0.1, 0.15) is 27.2 Å². The van der Waals surface area contributed by atoms with Gasteiger partial charge in [-0.1, -0.05) is 6.07 Å². The maximum Gasteiger partial charge on any atom is 0.332 e. The fourth-order valence-corrected chi connectivity index (χ4v) is 5.37. The number of amides is 1. The van der Waals surface area contributed by atoms with Gasteiger partial charge in [0.25, 0.3) is 5.91 Å². The predicted molar refractivity (Wildman–Crippen MR) is 116 cm³/mol. The molecule has 1 saturated heterocycles. The van der Waals surface area contributed by atoms with Crippen LogP contribution in [0.4, 0.5) is 5.69 Å². The minimum Gasteiger partial charge on any atom is -0.479 e. The number of carboxylic acids is 1. The fraction of sp³-hybridized carbons (Fsp3) is 0.429. The quantitative estimate of drug-likeness (QED) is 0.728. The Labute approximate surface area is 182 Å². The van der Waals surface area contributed by atoms with E-state index in [1.165, 1.54) is 27.4 Å². The van der Waals surface area contributed by atoms with E-state index in [0.29, 0.717) is 17.2 Å². The summed E-state index contributed by atoms with van der Waals surface area (Å²) in [6, 6.07) is 9.46. The Bertz CT molecular complexity index is 939. The van der Waals surface area contributed by atoms with Crippen LogP contribution in [0.25, 0.3) is 0 Å². The van der Waals surface area contributed by atoms with Gasteiger partial charge in [-0.2, -0.15) is 0 Å². The minimum atomic E-state index is -1.40. The number of rotatable bonds is 4. The predicted octanol–water partition coefficient (Wildman–Crippen LogP) is 3.43. The van der Waals surface area contributed by atoms with Crippen molar-refractivity contribution in [2.45, 2.75) is 24.8 Å². The summed E-state index contributed by atoms with van der Waals surface area (Å²) < 4.78 is 6.31. The van der Waals surface area contributed by atoms with Gasteiger partial charge in [-0.05, 0) is 71.2 Å². The molecule has 3 heterocycles. The summed E-state index contributed by atoms with van der Waals surface area (Å²) in [5, 5.41) is 10.1. The average Bonchev–Trinajstić information content (AvgIpc) is 3.31. The first kappa shape index (κ1) is 20.5. The molecule has 6 nitrogen and oxygen atoms in total. The Hall–Kier alpha value is -1.74. The van der Waals surface area contributed by atoms with Gasteiger partial charge in [0.15, 0.2) is 5.54 Å². The summed E-state index contributed by atoms with van der Waals surface area (Å²) in [4.78, 5) is 30.2. The molecule has 1 atom stereocenters. The normalized spacial score (nSPS) is 22.1. The topological polar surface area (TPSA) is 70.1 Å². The third-order valence-electron chi connectivity index (χ3n) is 5.79. The summed E-state index contributed by atoms with van der Waals surface area (Å²) in [5.74, 6) is -1.34. The SMILES string of the molecule is CN1CCc2ccc(N(C(=O)c3ccc(Br)s3)[C@@]3(C(=O)O)CCOC3)cc2CC1. The first-order valence-corrected chi connectivity index (χ1v) is 11.2. The smallest absolute Gasteiger partial charge is 0.332 e. The van der Waals surface area contributed by atoms with Crippen molar-refractivity contribution in [1.82, 2.24) is 4.90 Å². The van der Waals surface area contributed by atoms with E-state index >= 15 is 0 Å². The zero-order chi connectivity index (χ0) is 20.6. The van der Waals surface area contributed by atoms with Crippen LogP contribution >= 0.6 is 27.3 Å². The summed E-state index contributed by atoms with van der Waals surface area (Å²) in [6.45, 7) is 2.24. The second-order valence-electron chi connectivity index (χ2n) is 7.64. The Morgan fingerprint density at radius 2 is 1.97 bits per heavy atom. The molecule has 0 aliphatic carbocycles. The third kappa shape index (κ3) is 3.86. The van der Waals surface area contributed by atoms with E-state index in [-0.39, 0.29) is 18.9 Å². The van der Waals surface area contributed by atoms with Crippen molar-refractivity contribution >= 4 is 44.8 Å². The molecule has 0 spiro atoms. The molecular weight excluding hydrogens is 456 g/mol. The van der Waals surface area contributed by atoms with Crippen LogP contribution in [0.3, 0.4) is 0 Å². The fourth-order valence-electron chi connectivity index (χ4n) is 4.06. The number of aliphatic carboxylic acids is 1. The van der Waals surface area contributed by atoms with Crippen LogP contribution in [0.5, 0.6) is 0 Å². The summed E-state index contributed by atoms with van der Waals surface area (Å²) >= 11 is 4.70. The number of carboxylic acid groups (broad SMARTS) is 1. The molecule has 8 heteroatoms. The number of benzene rings is 1. The molecule has 29 heavy (non-hydrogen) atoms. The molecule has 0 saturated carbocycles. The van der Waals surface area contributed by atoms with E-state index in [9.17, 15) is 14.7 Å². The van der Waals surface area contributed by atoms with Gasteiger partial charge in [0.1, 0.15) is 0 Å². The summed E-state index contributed by atoms with van der Waals surface area (Å²) in [6.07, 6.45) is 2.09. The summed E-state index contributed by atoms with van der Waals surface area (Å²) in [7, 11) is 2.10. The van der Waals surface area contributed by atoms with Gasteiger partial charge in [-0.25, -0.2) is 4.79 Å². The van der Waals surface area contributed by atoms with Gasteiger partial charge >= 0.3 is 5.97 Å². The maximum atomic E-state index is 13.5. The van der Waals surface area contributed by atoms with E-state index in [2.05, 4.69) is 27.9 Å². The highest BCUT2D eigenvalue weighted by Crippen LogP contribution is 2.36. The van der Waals surface area contributed by atoms with Gasteiger partial charge < -0.3 is 14.7 Å². The lowest BCUT2D eigenvalue weighted by Gasteiger charge is -2.36. The Morgan fingerprint density at radius 1 is 1.21 bits per heavy atom. The number of nitrogens with zero attached hydrogens (tertiary/aromatic N) is 2.